The third-order valence-corrected chi connectivity index (χ3v) is 2.30. The predicted molar refractivity (Wildman–Crippen MR) is 67.7 cm³/mol. The Morgan fingerprint density at radius 3 is 2.78 bits per heavy atom. The van der Waals surface area contributed by atoms with Gasteiger partial charge in [-0.15, -0.1) is 0 Å². The molecule has 18 heavy (non-hydrogen) atoms. The van der Waals surface area contributed by atoms with Gasteiger partial charge < -0.3 is 11.1 Å². The monoisotopic (exact) mass is 245 g/mol. The summed E-state index contributed by atoms with van der Waals surface area (Å²) in [6, 6.07) is 9.06. The SMILES string of the molecule is Cc1cc(F)cc(NC(=O)c2cccc(N)n2)c1. The Kier molecular flexibility index (Phi) is 3.23. The third kappa shape index (κ3) is 2.82. The minimum atomic E-state index is -0.424. The van der Waals surface area contributed by atoms with Crippen molar-refractivity contribution in [2.75, 3.05) is 11.1 Å². The number of rotatable bonds is 2. The van der Waals surface area contributed by atoms with Gasteiger partial charge in [-0.2, -0.15) is 0 Å². The molecule has 0 aliphatic heterocycles. The second-order valence-electron chi connectivity index (χ2n) is 3.92. The minimum Gasteiger partial charge on any atom is -0.384 e. The van der Waals surface area contributed by atoms with E-state index in [1.54, 1.807) is 25.1 Å². The lowest BCUT2D eigenvalue weighted by Crippen LogP contribution is -2.14. The van der Waals surface area contributed by atoms with Crippen LogP contribution in [0.15, 0.2) is 36.4 Å². The molecule has 3 N–H and O–H groups in total. The van der Waals surface area contributed by atoms with Crippen LogP contribution in [0.3, 0.4) is 0 Å². The second kappa shape index (κ2) is 4.83. The van der Waals surface area contributed by atoms with Gasteiger partial charge in [0, 0.05) is 5.69 Å². The first-order valence-electron chi connectivity index (χ1n) is 5.36. The predicted octanol–water partition coefficient (Wildman–Crippen LogP) is 2.36. The molecule has 4 nitrogen and oxygen atoms in total. The zero-order valence-electron chi connectivity index (χ0n) is 9.77. The highest BCUT2D eigenvalue weighted by Gasteiger charge is 2.08. The van der Waals surface area contributed by atoms with E-state index in [2.05, 4.69) is 10.3 Å². The van der Waals surface area contributed by atoms with Crippen molar-refractivity contribution in [3.05, 3.63) is 53.5 Å². The average Bonchev–Trinajstić information content (AvgIpc) is 2.27. The Morgan fingerprint density at radius 2 is 2.11 bits per heavy atom. The van der Waals surface area contributed by atoms with Gasteiger partial charge in [0.25, 0.3) is 5.91 Å². The number of hydrogen-bond donors (Lipinski definition) is 2. The van der Waals surface area contributed by atoms with Crippen molar-refractivity contribution in [2.24, 2.45) is 0 Å². The Bertz CT molecular complexity index is 578. The topological polar surface area (TPSA) is 68.0 Å². The normalized spacial score (nSPS) is 10.1. The number of amides is 1. The van der Waals surface area contributed by atoms with E-state index in [1.807, 2.05) is 0 Å². The van der Waals surface area contributed by atoms with E-state index < -0.39 is 11.7 Å². The Morgan fingerprint density at radius 1 is 1.33 bits per heavy atom. The quantitative estimate of drug-likeness (QED) is 0.853. The molecule has 1 aromatic carbocycles. The molecule has 0 saturated heterocycles. The lowest BCUT2D eigenvalue weighted by Gasteiger charge is -2.06. The Hall–Kier alpha value is -2.43. The smallest absolute Gasteiger partial charge is 0.274 e. The number of anilines is 2. The largest absolute Gasteiger partial charge is 0.384 e. The van der Waals surface area contributed by atoms with Crippen LogP contribution < -0.4 is 11.1 Å². The molecule has 1 amide bonds. The van der Waals surface area contributed by atoms with Gasteiger partial charge in [-0.05, 0) is 42.8 Å². The summed E-state index contributed by atoms with van der Waals surface area (Å²) in [5, 5.41) is 2.57. The molecule has 0 atom stereocenters. The molecule has 0 saturated carbocycles. The number of nitrogens with two attached hydrogens (primary N) is 1. The molecule has 92 valence electrons. The minimum absolute atomic E-state index is 0.192. The standard InChI is InChI=1S/C13H12FN3O/c1-8-5-9(14)7-10(6-8)16-13(18)11-3-2-4-12(15)17-11/h2-7H,1H3,(H2,15,17)(H,16,18). The number of carbonyl (C=O) groups excluding carboxylic acids is 1. The average molecular weight is 245 g/mol. The van der Waals surface area contributed by atoms with Crippen molar-refractivity contribution in [3.63, 3.8) is 0 Å². The van der Waals surface area contributed by atoms with E-state index in [0.717, 1.165) is 5.56 Å². The first kappa shape index (κ1) is 12.0. The molecule has 0 fully saturated rings. The fourth-order valence-corrected chi connectivity index (χ4v) is 1.58. The van der Waals surface area contributed by atoms with Crippen molar-refractivity contribution in [1.29, 1.82) is 0 Å². The fraction of sp³-hybridized carbons (Fsp3) is 0.0769. The highest BCUT2D eigenvalue weighted by atomic mass is 19.1. The lowest BCUT2D eigenvalue weighted by molar-refractivity contribution is 0.102. The van der Waals surface area contributed by atoms with Crippen LogP contribution in [0.4, 0.5) is 15.9 Å². The number of aromatic nitrogens is 1. The van der Waals surface area contributed by atoms with Crippen molar-refractivity contribution < 1.29 is 9.18 Å². The van der Waals surface area contributed by atoms with Crippen molar-refractivity contribution in [2.45, 2.75) is 6.92 Å². The molecule has 2 aromatic rings. The fourth-order valence-electron chi connectivity index (χ4n) is 1.58. The van der Waals surface area contributed by atoms with E-state index in [4.69, 9.17) is 5.73 Å². The van der Waals surface area contributed by atoms with E-state index in [9.17, 15) is 9.18 Å². The van der Waals surface area contributed by atoms with Crippen LogP contribution in [0, 0.1) is 12.7 Å². The molecule has 0 aliphatic rings. The number of nitrogens with zero attached hydrogens (tertiary/aromatic N) is 1. The number of halogens is 1. The lowest BCUT2D eigenvalue weighted by atomic mass is 10.2. The molecule has 0 aliphatic carbocycles. The van der Waals surface area contributed by atoms with Gasteiger partial charge in [0.2, 0.25) is 0 Å². The van der Waals surface area contributed by atoms with Crippen LogP contribution in [0.25, 0.3) is 0 Å². The maximum atomic E-state index is 13.2. The van der Waals surface area contributed by atoms with Crippen LogP contribution >= 0.6 is 0 Å². The molecular formula is C13H12FN3O. The highest BCUT2D eigenvalue weighted by Crippen LogP contribution is 2.14. The van der Waals surface area contributed by atoms with E-state index in [0.29, 0.717) is 5.69 Å². The molecule has 0 unspecified atom stereocenters. The van der Waals surface area contributed by atoms with Gasteiger partial charge in [0.1, 0.15) is 17.3 Å². The van der Waals surface area contributed by atoms with Gasteiger partial charge in [-0.3, -0.25) is 4.79 Å². The van der Waals surface area contributed by atoms with E-state index in [1.165, 1.54) is 18.2 Å². The maximum absolute atomic E-state index is 13.2. The van der Waals surface area contributed by atoms with Crippen molar-refractivity contribution >= 4 is 17.4 Å². The van der Waals surface area contributed by atoms with Gasteiger partial charge in [0.05, 0.1) is 0 Å². The van der Waals surface area contributed by atoms with Gasteiger partial charge in [0.15, 0.2) is 0 Å². The Balaban J connectivity index is 2.21. The Labute approximate surface area is 104 Å². The number of aryl methyl sites for hydroxylation is 1. The van der Waals surface area contributed by atoms with Gasteiger partial charge >= 0.3 is 0 Å². The number of pyridine rings is 1. The summed E-state index contributed by atoms with van der Waals surface area (Å²) in [5.74, 6) is -0.559. The zero-order valence-corrected chi connectivity index (χ0v) is 9.77. The number of nitrogens with one attached hydrogen (secondary N) is 1. The van der Waals surface area contributed by atoms with Crippen LogP contribution in [-0.2, 0) is 0 Å². The number of carbonyl (C=O) groups is 1. The van der Waals surface area contributed by atoms with Crippen LogP contribution in [-0.4, -0.2) is 10.9 Å². The molecule has 1 aromatic heterocycles. The summed E-state index contributed by atoms with van der Waals surface area (Å²) in [4.78, 5) is 15.7. The number of benzene rings is 1. The van der Waals surface area contributed by atoms with E-state index in [-0.39, 0.29) is 11.5 Å². The zero-order chi connectivity index (χ0) is 13.1. The van der Waals surface area contributed by atoms with Crippen LogP contribution in [0.5, 0.6) is 0 Å². The summed E-state index contributed by atoms with van der Waals surface area (Å²) >= 11 is 0. The highest BCUT2D eigenvalue weighted by molar-refractivity contribution is 6.03. The van der Waals surface area contributed by atoms with Crippen LogP contribution in [0.1, 0.15) is 16.1 Å². The third-order valence-electron chi connectivity index (χ3n) is 2.30. The molecule has 5 heteroatoms. The summed E-state index contributed by atoms with van der Waals surface area (Å²) in [5.41, 5.74) is 6.80. The summed E-state index contributed by atoms with van der Waals surface area (Å²) < 4.78 is 13.2. The molecular weight excluding hydrogens is 233 g/mol. The van der Waals surface area contributed by atoms with E-state index >= 15 is 0 Å². The van der Waals surface area contributed by atoms with Crippen LogP contribution in [0.2, 0.25) is 0 Å². The molecule has 1 heterocycles. The first-order chi connectivity index (χ1) is 8.54. The maximum Gasteiger partial charge on any atom is 0.274 e. The second-order valence-corrected chi connectivity index (χ2v) is 3.92. The number of hydrogen-bond acceptors (Lipinski definition) is 3. The molecule has 0 radical (unpaired) electrons. The number of nitrogen functional groups attached to an aromatic ring is 1. The van der Waals surface area contributed by atoms with Gasteiger partial charge in [-0.1, -0.05) is 6.07 Å². The first-order valence-corrected chi connectivity index (χ1v) is 5.36. The molecule has 0 bridgehead atoms. The summed E-state index contributed by atoms with van der Waals surface area (Å²) in [6.45, 7) is 1.75. The summed E-state index contributed by atoms with van der Waals surface area (Å²) in [6.07, 6.45) is 0. The summed E-state index contributed by atoms with van der Waals surface area (Å²) in [7, 11) is 0. The van der Waals surface area contributed by atoms with Crippen molar-refractivity contribution in [1.82, 2.24) is 4.98 Å². The molecule has 2 rings (SSSR count). The van der Waals surface area contributed by atoms with Gasteiger partial charge in [-0.25, -0.2) is 9.37 Å². The van der Waals surface area contributed by atoms with Crippen molar-refractivity contribution in [3.8, 4) is 0 Å². The molecule has 0 spiro atoms.